The van der Waals surface area contributed by atoms with E-state index in [1.54, 1.807) is 11.0 Å². The molecule has 1 aromatic rings. The maximum atomic E-state index is 12.0. The largest absolute Gasteiger partial charge is 0.355 e. The van der Waals surface area contributed by atoms with Gasteiger partial charge in [-0.25, -0.2) is 4.98 Å². The number of pyridine rings is 1. The molecule has 0 aromatic carbocycles. The molecule has 1 aromatic heterocycles. The summed E-state index contributed by atoms with van der Waals surface area (Å²) in [6.07, 6.45) is 4.38. The van der Waals surface area contributed by atoms with Crippen LogP contribution in [-0.4, -0.2) is 40.3 Å². The Hall–Kier alpha value is -2.69. The van der Waals surface area contributed by atoms with Crippen LogP contribution in [0.5, 0.6) is 0 Å². The number of nitrogens with one attached hydrogen (secondary N) is 1. The number of rotatable bonds is 4. The van der Waals surface area contributed by atoms with Crippen molar-refractivity contribution in [1.82, 2.24) is 9.88 Å². The van der Waals surface area contributed by atoms with E-state index in [1.807, 2.05) is 0 Å². The van der Waals surface area contributed by atoms with Gasteiger partial charge in [0.05, 0.1) is 11.5 Å². The smallest absolute Gasteiger partial charge is 0.328 e. The normalized spacial score (nSPS) is 14.3. The number of nitrogens with zero attached hydrogens (tertiary/aromatic N) is 4. The van der Waals surface area contributed by atoms with Gasteiger partial charge in [0, 0.05) is 19.3 Å². The quantitative estimate of drug-likeness (QED) is 0.660. The molecule has 1 amide bonds. The number of aromatic nitrogens is 1. The van der Waals surface area contributed by atoms with Gasteiger partial charge in [0.15, 0.2) is 0 Å². The molecule has 0 spiro atoms. The van der Waals surface area contributed by atoms with Crippen LogP contribution >= 0.6 is 0 Å². The second-order valence-corrected chi connectivity index (χ2v) is 4.72. The average molecular weight is 289 g/mol. The third-order valence-electron chi connectivity index (χ3n) is 3.34. The molecule has 8 nitrogen and oxygen atoms in total. The van der Waals surface area contributed by atoms with Crippen LogP contribution in [0.2, 0.25) is 0 Å². The maximum Gasteiger partial charge on any atom is 0.328 e. The third-order valence-corrected chi connectivity index (χ3v) is 3.34. The fourth-order valence-corrected chi connectivity index (χ4v) is 2.27. The van der Waals surface area contributed by atoms with Crippen molar-refractivity contribution in [3.63, 3.8) is 0 Å². The average Bonchev–Trinajstić information content (AvgIpc) is 2.52. The number of carbonyl (C=O) groups is 1. The predicted molar refractivity (Wildman–Crippen MR) is 74.5 cm³/mol. The van der Waals surface area contributed by atoms with Gasteiger partial charge < -0.3 is 10.2 Å². The van der Waals surface area contributed by atoms with Crippen LogP contribution in [0.3, 0.4) is 0 Å². The molecular weight excluding hydrogens is 274 g/mol. The van der Waals surface area contributed by atoms with Crippen molar-refractivity contribution >= 4 is 17.4 Å². The van der Waals surface area contributed by atoms with Crippen molar-refractivity contribution < 1.29 is 9.72 Å². The Kier molecular flexibility index (Phi) is 4.66. The zero-order chi connectivity index (χ0) is 15.2. The van der Waals surface area contributed by atoms with E-state index in [-0.39, 0.29) is 23.8 Å². The van der Waals surface area contributed by atoms with Gasteiger partial charge in [-0.3, -0.25) is 14.9 Å². The van der Waals surface area contributed by atoms with Crippen LogP contribution < -0.4 is 5.32 Å². The van der Waals surface area contributed by atoms with E-state index in [2.05, 4.69) is 10.3 Å². The summed E-state index contributed by atoms with van der Waals surface area (Å²) >= 11 is 0. The van der Waals surface area contributed by atoms with Gasteiger partial charge in [-0.1, -0.05) is 0 Å². The van der Waals surface area contributed by atoms with E-state index in [9.17, 15) is 14.9 Å². The van der Waals surface area contributed by atoms with Gasteiger partial charge >= 0.3 is 5.69 Å². The monoisotopic (exact) mass is 289 g/mol. The first-order chi connectivity index (χ1) is 10.1. The van der Waals surface area contributed by atoms with E-state index >= 15 is 0 Å². The zero-order valence-corrected chi connectivity index (χ0v) is 11.4. The number of carbonyl (C=O) groups excluding carboxylic acids is 1. The zero-order valence-electron chi connectivity index (χ0n) is 11.4. The van der Waals surface area contributed by atoms with Crippen molar-refractivity contribution in [1.29, 1.82) is 5.26 Å². The highest BCUT2D eigenvalue weighted by atomic mass is 16.6. The highest BCUT2D eigenvalue weighted by Crippen LogP contribution is 2.25. The molecule has 0 aliphatic carbocycles. The lowest BCUT2D eigenvalue weighted by molar-refractivity contribution is -0.384. The van der Waals surface area contributed by atoms with Crippen LogP contribution in [0.4, 0.5) is 11.5 Å². The van der Waals surface area contributed by atoms with E-state index in [1.165, 1.54) is 12.3 Å². The number of nitriles is 1. The van der Waals surface area contributed by atoms with Gasteiger partial charge in [0.25, 0.3) is 0 Å². The number of hydrogen-bond acceptors (Lipinski definition) is 6. The summed E-state index contributed by atoms with van der Waals surface area (Å²) in [6, 6.07) is 3.02. The molecule has 8 heteroatoms. The second kappa shape index (κ2) is 6.65. The highest BCUT2D eigenvalue weighted by molar-refractivity contribution is 5.81. The first-order valence-electron chi connectivity index (χ1n) is 6.68. The summed E-state index contributed by atoms with van der Waals surface area (Å²) in [4.78, 5) is 28.0. The number of likely N-dealkylation sites (tertiary alicyclic amines) is 1. The summed E-state index contributed by atoms with van der Waals surface area (Å²) in [7, 11) is 0. The predicted octanol–water partition coefficient (Wildman–Crippen LogP) is 1.29. The maximum absolute atomic E-state index is 12.0. The molecule has 110 valence electrons. The molecule has 1 saturated heterocycles. The molecule has 0 bridgehead atoms. The van der Waals surface area contributed by atoms with Crippen LogP contribution in [-0.2, 0) is 4.79 Å². The van der Waals surface area contributed by atoms with Crippen molar-refractivity contribution in [3.05, 3.63) is 27.9 Å². The number of amides is 1. The molecule has 2 heterocycles. The lowest BCUT2D eigenvalue weighted by Gasteiger charge is -2.26. The van der Waals surface area contributed by atoms with Crippen molar-refractivity contribution in [2.75, 3.05) is 25.0 Å². The second-order valence-electron chi connectivity index (χ2n) is 4.72. The Morgan fingerprint density at radius 2 is 2.19 bits per heavy atom. The first-order valence-corrected chi connectivity index (χ1v) is 6.68. The molecule has 21 heavy (non-hydrogen) atoms. The first kappa shape index (κ1) is 14.7. The molecule has 0 atom stereocenters. The molecule has 1 aliphatic heterocycles. The third kappa shape index (κ3) is 3.45. The van der Waals surface area contributed by atoms with Crippen molar-refractivity contribution in [2.24, 2.45) is 0 Å². The Balaban J connectivity index is 2.08. The van der Waals surface area contributed by atoms with Gasteiger partial charge in [-0.2, -0.15) is 5.26 Å². The summed E-state index contributed by atoms with van der Waals surface area (Å²) < 4.78 is 0. The SMILES string of the molecule is N#Cc1ccnc(NCC(=O)N2CCCCC2)c1[N+](=O)[O-]. The Bertz CT molecular complexity index is 590. The van der Waals surface area contributed by atoms with Crippen molar-refractivity contribution in [2.45, 2.75) is 19.3 Å². The van der Waals surface area contributed by atoms with Gasteiger partial charge in [0.2, 0.25) is 11.7 Å². The van der Waals surface area contributed by atoms with E-state index in [0.29, 0.717) is 13.1 Å². The van der Waals surface area contributed by atoms with Crippen LogP contribution in [0.25, 0.3) is 0 Å². The minimum absolute atomic E-state index is 0.0515. The van der Waals surface area contributed by atoms with E-state index in [0.717, 1.165) is 19.3 Å². The fourth-order valence-electron chi connectivity index (χ4n) is 2.27. The number of anilines is 1. The summed E-state index contributed by atoms with van der Waals surface area (Å²) in [5.74, 6) is -0.169. The molecule has 0 unspecified atom stereocenters. The minimum atomic E-state index is -0.667. The molecule has 1 fully saturated rings. The van der Waals surface area contributed by atoms with Crippen LogP contribution in [0.1, 0.15) is 24.8 Å². The van der Waals surface area contributed by atoms with Crippen LogP contribution in [0, 0.1) is 21.4 Å². The molecule has 0 saturated carbocycles. The Morgan fingerprint density at radius 3 is 2.81 bits per heavy atom. The summed E-state index contributed by atoms with van der Waals surface area (Å²) in [5.41, 5.74) is -0.477. The van der Waals surface area contributed by atoms with Gasteiger partial charge in [0.1, 0.15) is 11.6 Å². The number of hydrogen-bond donors (Lipinski definition) is 1. The highest BCUT2D eigenvalue weighted by Gasteiger charge is 2.22. The molecule has 1 N–H and O–H groups in total. The molecule has 1 aliphatic rings. The fraction of sp³-hybridized carbons (Fsp3) is 0.462. The Labute approximate surface area is 121 Å². The van der Waals surface area contributed by atoms with E-state index in [4.69, 9.17) is 5.26 Å². The molecule has 2 rings (SSSR count). The van der Waals surface area contributed by atoms with Gasteiger partial charge in [-0.15, -0.1) is 0 Å². The number of piperidine rings is 1. The molecule has 0 radical (unpaired) electrons. The lowest BCUT2D eigenvalue weighted by Crippen LogP contribution is -2.39. The number of nitro groups is 1. The standard InChI is InChI=1S/C13H15N5O3/c14-8-10-4-5-15-13(12(10)18(20)21)16-9-11(19)17-6-2-1-3-7-17/h4-5H,1-3,6-7,9H2,(H,15,16). The van der Waals surface area contributed by atoms with Crippen LogP contribution in [0.15, 0.2) is 12.3 Å². The van der Waals surface area contributed by atoms with Crippen molar-refractivity contribution in [3.8, 4) is 6.07 Å². The summed E-state index contributed by atoms with van der Waals surface area (Å²) in [5, 5.41) is 22.6. The van der Waals surface area contributed by atoms with E-state index < -0.39 is 10.6 Å². The summed E-state index contributed by atoms with van der Waals surface area (Å²) in [6.45, 7) is 1.37. The minimum Gasteiger partial charge on any atom is -0.355 e. The molecular formula is C13H15N5O3. The van der Waals surface area contributed by atoms with Gasteiger partial charge in [-0.05, 0) is 25.3 Å². The Morgan fingerprint density at radius 1 is 1.48 bits per heavy atom. The topological polar surface area (TPSA) is 112 Å². The lowest BCUT2D eigenvalue weighted by atomic mass is 10.1.